The molecule has 0 radical (unpaired) electrons. The van der Waals surface area contributed by atoms with Gasteiger partial charge in [-0.15, -0.1) is 0 Å². The molecule has 2 saturated carbocycles. The Bertz CT molecular complexity index is 624. The van der Waals surface area contributed by atoms with Gasteiger partial charge in [0.05, 0.1) is 13.2 Å². The molecule has 1 saturated heterocycles. The van der Waals surface area contributed by atoms with Gasteiger partial charge >= 0.3 is 0 Å². The van der Waals surface area contributed by atoms with Gasteiger partial charge in [0.15, 0.2) is 5.79 Å². The Balaban J connectivity index is 1.66. The van der Waals surface area contributed by atoms with Crippen LogP contribution in [-0.2, 0) is 14.3 Å². The molecular formula is C24H38O3. The number of fused-ring (bicyclic) bond motifs is 3. The number of hydrogen-bond donors (Lipinski definition) is 0. The molecule has 3 unspecified atom stereocenters. The van der Waals surface area contributed by atoms with Crippen molar-refractivity contribution in [3.05, 3.63) is 11.6 Å². The zero-order valence-electron chi connectivity index (χ0n) is 18.0. The van der Waals surface area contributed by atoms with E-state index in [1.165, 1.54) is 25.7 Å². The lowest BCUT2D eigenvalue weighted by Crippen LogP contribution is -2.64. The summed E-state index contributed by atoms with van der Waals surface area (Å²) < 4.78 is 12.9. The number of ketones is 1. The average Bonchev–Trinajstić information content (AvgIpc) is 2.66. The van der Waals surface area contributed by atoms with E-state index in [9.17, 15) is 4.79 Å². The molecule has 0 N–H and O–H groups in total. The predicted molar refractivity (Wildman–Crippen MR) is 107 cm³/mol. The number of rotatable bonds is 2. The van der Waals surface area contributed by atoms with Crippen LogP contribution in [0, 0.1) is 34.5 Å². The van der Waals surface area contributed by atoms with E-state index in [2.05, 4.69) is 40.7 Å². The fourth-order valence-corrected chi connectivity index (χ4v) is 6.87. The molecule has 0 aromatic rings. The minimum atomic E-state index is -0.653. The summed E-state index contributed by atoms with van der Waals surface area (Å²) in [6.07, 6.45) is 10.0. The van der Waals surface area contributed by atoms with Crippen LogP contribution >= 0.6 is 0 Å². The van der Waals surface area contributed by atoms with Gasteiger partial charge in [0, 0.05) is 23.2 Å². The summed E-state index contributed by atoms with van der Waals surface area (Å²) in [5, 5.41) is 0. The molecule has 27 heavy (non-hydrogen) atoms. The lowest BCUT2D eigenvalue weighted by Gasteiger charge is -2.60. The first-order valence-corrected chi connectivity index (χ1v) is 11.2. The Morgan fingerprint density at radius 1 is 1.15 bits per heavy atom. The summed E-state index contributed by atoms with van der Waals surface area (Å²) in [5.74, 6) is 1.51. The number of hydrogen-bond acceptors (Lipinski definition) is 3. The number of ether oxygens (including phenoxy) is 2. The summed E-state index contributed by atoms with van der Waals surface area (Å²) in [7, 11) is 0. The molecule has 4 aliphatic rings. The van der Waals surface area contributed by atoms with Gasteiger partial charge < -0.3 is 9.47 Å². The molecular weight excluding hydrogens is 336 g/mol. The Hall–Kier alpha value is -0.670. The second kappa shape index (κ2) is 6.69. The number of carbonyl (C=O) groups is 1. The second-order valence-corrected chi connectivity index (χ2v) is 10.7. The van der Waals surface area contributed by atoms with Crippen LogP contribution < -0.4 is 0 Å². The Labute approximate surface area is 165 Å². The van der Waals surface area contributed by atoms with Crippen LogP contribution in [0.1, 0.15) is 79.6 Å². The SMILES string of the molecule is CCC1(C2(C)OCC(C)(C)CO2)CC(=O)[C@@H]2C3CCCC=C3CCC2[C@@H]1C. The molecule has 0 amide bonds. The minimum Gasteiger partial charge on any atom is -0.349 e. The van der Waals surface area contributed by atoms with Gasteiger partial charge in [0.25, 0.3) is 0 Å². The minimum absolute atomic E-state index is 0.0471. The van der Waals surface area contributed by atoms with Crippen LogP contribution in [0.4, 0.5) is 0 Å². The number of Topliss-reactive ketones (excluding diaryl/α,β-unsaturated/α-hetero) is 1. The van der Waals surface area contributed by atoms with Crippen LogP contribution in [-0.4, -0.2) is 24.8 Å². The van der Waals surface area contributed by atoms with Gasteiger partial charge in [-0.05, 0) is 63.2 Å². The average molecular weight is 375 g/mol. The quantitative estimate of drug-likeness (QED) is 0.596. The van der Waals surface area contributed by atoms with Gasteiger partial charge in [-0.25, -0.2) is 0 Å². The van der Waals surface area contributed by atoms with Crippen molar-refractivity contribution in [2.75, 3.05) is 13.2 Å². The zero-order chi connectivity index (χ0) is 19.4. The first-order chi connectivity index (χ1) is 12.7. The molecule has 0 aromatic carbocycles. The third-order valence-corrected chi connectivity index (χ3v) is 8.65. The fourth-order valence-electron chi connectivity index (χ4n) is 6.87. The third-order valence-electron chi connectivity index (χ3n) is 8.65. The highest BCUT2D eigenvalue weighted by atomic mass is 16.7. The summed E-state index contributed by atoms with van der Waals surface area (Å²) in [6.45, 7) is 12.5. The smallest absolute Gasteiger partial charge is 0.171 e. The molecule has 5 atom stereocenters. The molecule has 1 aliphatic heterocycles. The Kier molecular flexibility index (Phi) is 4.87. The molecule has 3 aliphatic carbocycles. The molecule has 1 heterocycles. The van der Waals surface area contributed by atoms with Crippen LogP contribution in [0.3, 0.4) is 0 Å². The number of carbonyl (C=O) groups excluding carboxylic acids is 1. The molecule has 0 bridgehead atoms. The Morgan fingerprint density at radius 2 is 1.85 bits per heavy atom. The predicted octanol–water partition coefficient (Wildman–Crippen LogP) is 5.53. The van der Waals surface area contributed by atoms with E-state index in [1.54, 1.807) is 5.57 Å². The zero-order valence-corrected chi connectivity index (χ0v) is 18.0. The maximum atomic E-state index is 13.6. The van der Waals surface area contributed by atoms with E-state index in [1.807, 2.05) is 0 Å². The molecule has 4 rings (SSSR count). The van der Waals surface area contributed by atoms with Crippen LogP contribution in [0.25, 0.3) is 0 Å². The topological polar surface area (TPSA) is 35.5 Å². The molecule has 152 valence electrons. The first-order valence-electron chi connectivity index (χ1n) is 11.2. The summed E-state index contributed by atoms with van der Waals surface area (Å²) in [5.41, 5.74) is 1.42. The molecule has 3 fully saturated rings. The van der Waals surface area contributed by atoms with Crippen LogP contribution in [0.2, 0.25) is 0 Å². The normalized spacial score (nSPS) is 43.4. The van der Waals surface area contributed by atoms with Gasteiger partial charge in [-0.1, -0.05) is 39.3 Å². The summed E-state index contributed by atoms with van der Waals surface area (Å²) in [6, 6.07) is 0. The van der Waals surface area contributed by atoms with Crippen molar-refractivity contribution in [1.29, 1.82) is 0 Å². The van der Waals surface area contributed by atoms with E-state index >= 15 is 0 Å². The highest BCUT2D eigenvalue weighted by molar-refractivity contribution is 5.84. The van der Waals surface area contributed by atoms with Crippen LogP contribution in [0.5, 0.6) is 0 Å². The highest BCUT2D eigenvalue weighted by Crippen LogP contribution is 2.61. The molecule has 3 heteroatoms. The van der Waals surface area contributed by atoms with Crippen molar-refractivity contribution in [2.24, 2.45) is 34.5 Å². The van der Waals surface area contributed by atoms with Crippen molar-refractivity contribution >= 4 is 5.78 Å². The van der Waals surface area contributed by atoms with Gasteiger partial charge in [0.2, 0.25) is 0 Å². The van der Waals surface area contributed by atoms with E-state index in [4.69, 9.17) is 9.47 Å². The highest BCUT2D eigenvalue weighted by Gasteiger charge is 2.62. The van der Waals surface area contributed by atoms with Crippen molar-refractivity contribution in [1.82, 2.24) is 0 Å². The molecule has 0 spiro atoms. The second-order valence-electron chi connectivity index (χ2n) is 10.7. The van der Waals surface area contributed by atoms with Gasteiger partial charge in [0.1, 0.15) is 5.78 Å². The monoisotopic (exact) mass is 374 g/mol. The maximum Gasteiger partial charge on any atom is 0.171 e. The standard InChI is InChI=1S/C24H38O3/c1-6-24(23(5)26-14-22(3,4)15-27-23)13-20(25)21-18(16(24)2)12-11-17-9-7-8-10-19(17)21/h9,16,18-19,21H,6-8,10-15H2,1-5H3/t16-,18?,19?,21-,24?/m0/s1. The lowest BCUT2D eigenvalue weighted by atomic mass is 9.48. The van der Waals surface area contributed by atoms with Crippen LogP contribution in [0.15, 0.2) is 11.6 Å². The lowest BCUT2D eigenvalue weighted by molar-refractivity contribution is -0.355. The summed E-state index contributed by atoms with van der Waals surface area (Å²) in [4.78, 5) is 13.6. The Morgan fingerprint density at radius 3 is 2.52 bits per heavy atom. The van der Waals surface area contributed by atoms with Gasteiger partial charge in [-0.3, -0.25) is 4.79 Å². The largest absolute Gasteiger partial charge is 0.349 e. The number of allylic oxidation sites excluding steroid dienone is 2. The van der Waals surface area contributed by atoms with Crippen molar-refractivity contribution in [3.8, 4) is 0 Å². The molecule has 3 nitrogen and oxygen atoms in total. The van der Waals surface area contributed by atoms with Crippen molar-refractivity contribution < 1.29 is 14.3 Å². The van der Waals surface area contributed by atoms with Gasteiger partial charge in [-0.2, -0.15) is 0 Å². The van der Waals surface area contributed by atoms with Crippen molar-refractivity contribution in [3.63, 3.8) is 0 Å². The van der Waals surface area contributed by atoms with Crippen molar-refractivity contribution in [2.45, 2.75) is 85.4 Å². The fraction of sp³-hybridized carbons (Fsp3) is 0.875. The van der Waals surface area contributed by atoms with E-state index in [-0.39, 0.29) is 16.7 Å². The van der Waals surface area contributed by atoms with E-state index in [0.29, 0.717) is 43.2 Å². The van der Waals surface area contributed by atoms with E-state index in [0.717, 1.165) is 12.8 Å². The third kappa shape index (κ3) is 2.95. The maximum absolute atomic E-state index is 13.6. The summed E-state index contributed by atoms with van der Waals surface area (Å²) >= 11 is 0. The first kappa shape index (κ1) is 19.6. The molecule has 0 aromatic heterocycles. The van der Waals surface area contributed by atoms with E-state index < -0.39 is 5.79 Å².